The van der Waals surface area contributed by atoms with Crippen molar-refractivity contribution in [2.75, 3.05) is 0 Å². The molecule has 1 aromatic heterocycles. The summed E-state index contributed by atoms with van der Waals surface area (Å²) in [5.74, 6) is 0.0927. The van der Waals surface area contributed by atoms with Gasteiger partial charge in [0.15, 0.2) is 5.16 Å². The van der Waals surface area contributed by atoms with Crippen LogP contribution in [0.25, 0.3) is 0 Å². The number of aromatic nitrogens is 2. The van der Waals surface area contributed by atoms with Gasteiger partial charge in [-0.2, -0.15) is 5.26 Å². The van der Waals surface area contributed by atoms with Crippen LogP contribution >= 0.6 is 11.8 Å². The van der Waals surface area contributed by atoms with E-state index in [2.05, 4.69) is 23.0 Å². The van der Waals surface area contributed by atoms with Crippen LogP contribution in [0.4, 0.5) is 0 Å². The van der Waals surface area contributed by atoms with Crippen LogP contribution in [0, 0.1) is 17.2 Å². The molecule has 5 heteroatoms. The van der Waals surface area contributed by atoms with E-state index >= 15 is 0 Å². The van der Waals surface area contributed by atoms with E-state index in [-0.39, 0.29) is 16.7 Å². The molecule has 1 saturated carbocycles. The van der Waals surface area contributed by atoms with Gasteiger partial charge < -0.3 is 4.98 Å². The zero-order valence-corrected chi connectivity index (χ0v) is 11.3. The number of nitriles is 1. The van der Waals surface area contributed by atoms with Gasteiger partial charge in [0.05, 0.1) is 12.0 Å². The van der Waals surface area contributed by atoms with Crippen LogP contribution in [0.2, 0.25) is 0 Å². The normalized spacial score (nSPS) is 22.9. The maximum Gasteiger partial charge on any atom is 0.251 e. The van der Waals surface area contributed by atoms with E-state index in [4.69, 9.17) is 5.26 Å². The van der Waals surface area contributed by atoms with Crippen molar-refractivity contribution in [3.63, 3.8) is 0 Å². The number of thioether (sulfide) groups is 1. The lowest BCUT2D eigenvalue weighted by Gasteiger charge is -2.12. The second kappa shape index (κ2) is 6.05. The van der Waals surface area contributed by atoms with Crippen LogP contribution in [0.1, 0.15) is 38.3 Å². The van der Waals surface area contributed by atoms with E-state index < -0.39 is 0 Å². The van der Waals surface area contributed by atoms with E-state index in [1.165, 1.54) is 0 Å². The van der Waals surface area contributed by atoms with Crippen molar-refractivity contribution in [1.82, 2.24) is 9.97 Å². The number of H-pyrrole nitrogens is 1. The average Bonchev–Trinajstić information content (AvgIpc) is 2.76. The van der Waals surface area contributed by atoms with Crippen molar-refractivity contribution in [2.24, 2.45) is 5.92 Å². The molecule has 2 unspecified atom stereocenters. The predicted molar refractivity (Wildman–Crippen MR) is 71.5 cm³/mol. The van der Waals surface area contributed by atoms with E-state index in [1.54, 1.807) is 17.8 Å². The molecule has 2 rings (SSSR count). The van der Waals surface area contributed by atoms with Crippen molar-refractivity contribution in [1.29, 1.82) is 5.26 Å². The highest BCUT2D eigenvalue weighted by Gasteiger charge is 2.28. The summed E-state index contributed by atoms with van der Waals surface area (Å²) in [7, 11) is 0. The van der Waals surface area contributed by atoms with Crippen LogP contribution in [0.5, 0.6) is 0 Å². The van der Waals surface area contributed by atoms with Gasteiger partial charge in [0.1, 0.15) is 0 Å². The molecule has 18 heavy (non-hydrogen) atoms. The number of nitrogens with zero attached hydrogens (tertiary/aromatic N) is 2. The molecule has 4 nitrogen and oxygen atoms in total. The second-order valence-electron chi connectivity index (χ2n) is 4.61. The molecule has 0 aliphatic heterocycles. The van der Waals surface area contributed by atoms with Gasteiger partial charge in [-0.3, -0.25) is 4.79 Å². The van der Waals surface area contributed by atoms with E-state index in [1.807, 2.05) is 0 Å². The highest BCUT2D eigenvalue weighted by Crippen LogP contribution is 2.37. The molecule has 1 aliphatic carbocycles. The third-order valence-corrected chi connectivity index (χ3v) is 4.44. The van der Waals surface area contributed by atoms with Gasteiger partial charge >= 0.3 is 0 Å². The lowest BCUT2D eigenvalue weighted by Crippen LogP contribution is -2.13. The summed E-state index contributed by atoms with van der Waals surface area (Å²) < 4.78 is 0. The summed E-state index contributed by atoms with van der Waals surface area (Å²) in [5.41, 5.74) is 0.748. The molecule has 0 amide bonds. The van der Waals surface area contributed by atoms with Crippen molar-refractivity contribution >= 4 is 11.8 Å². The minimum Gasteiger partial charge on any atom is -0.301 e. The Balaban J connectivity index is 2.14. The fourth-order valence-corrected chi connectivity index (χ4v) is 3.54. The summed E-state index contributed by atoms with van der Waals surface area (Å²) in [5, 5.41) is 9.99. The maximum atomic E-state index is 11.5. The second-order valence-corrected chi connectivity index (χ2v) is 5.84. The van der Waals surface area contributed by atoms with Crippen molar-refractivity contribution in [3.05, 3.63) is 22.1 Å². The molecule has 1 heterocycles. The Labute approximate surface area is 111 Å². The Hall–Kier alpha value is -1.28. The van der Waals surface area contributed by atoms with Crippen molar-refractivity contribution < 1.29 is 0 Å². The minimum atomic E-state index is -0.0949. The Morgan fingerprint density at radius 1 is 1.61 bits per heavy atom. The van der Waals surface area contributed by atoms with Gasteiger partial charge in [0, 0.05) is 17.0 Å². The van der Waals surface area contributed by atoms with Crippen LogP contribution in [-0.2, 0) is 6.42 Å². The Bertz CT molecular complexity index is 506. The molecule has 1 aromatic rings. The summed E-state index contributed by atoms with van der Waals surface area (Å²) in [6.45, 7) is 2.07. The first kappa shape index (κ1) is 13.2. The third kappa shape index (κ3) is 3.14. The summed E-state index contributed by atoms with van der Waals surface area (Å²) in [4.78, 5) is 18.8. The molecular formula is C13H17N3OS. The predicted octanol–water partition coefficient (Wildman–Crippen LogP) is 2.51. The number of hydrogen-bond donors (Lipinski definition) is 1. The zero-order valence-electron chi connectivity index (χ0n) is 10.5. The van der Waals surface area contributed by atoms with Gasteiger partial charge in [0.2, 0.25) is 0 Å². The molecule has 96 valence electrons. The molecule has 0 radical (unpaired) electrons. The lowest BCUT2D eigenvalue weighted by atomic mass is 10.1. The zero-order chi connectivity index (χ0) is 13.0. The summed E-state index contributed by atoms with van der Waals surface area (Å²) in [6, 6.07) is 3.91. The first-order valence-electron chi connectivity index (χ1n) is 6.39. The van der Waals surface area contributed by atoms with Crippen LogP contribution < -0.4 is 5.56 Å². The topological polar surface area (TPSA) is 69.5 Å². The Morgan fingerprint density at radius 2 is 2.44 bits per heavy atom. The highest BCUT2D eigenvalue weighted by atomic mass is 32.2. The van der Waals surface area contributed by atoms with Crippen molar-refractivity contribution in [2.45, 2.75) is 49.4 Å². The molecule has 1 aliphatic rings. The molecule has 0 aromatic carbocycles. The monoisotopic (exact) mass is 263 g/mol. The molecule has 1 fully saturated rings. The fraction of sp³-hybridized carbons (Fsp3) is 0.615. The van der Waals surface area contributed by atoms with Gasteiger partial charge in [-0.05, 0) is 19.3 Å². The van der Waals surface area contributed by atoms with Crippen LogP contribution in [0.3, 0.4) is 0 Å². The van der Waals surface area contributed by atoms with Crippen LogP contribution in [0.15, 0.2) is 16.0 Å². The fourth-order valence-electron chi connectivity index (χ4n) is 2.28. The first-order chi connectivity index (χ1) is 8.72. The summed E-state index contributed by atoms with van der Waals surface area (Å²) >= 11 is 1.55. The molecule has 0 bridgehead atoms. The van der Waals surface area contributed by atoms with Gasteiger partial charge in [-0.15, -0.1) is 0 Å². The molecule has 2 atom stereocenters. The highest BCUT2D eigenvalue weighted by molar-refractivity contribution is 7.99. The lowest BCUT2D eigenvalue weighted by molar-refractivity contribution is 0.710. The SMILES string of the molecule is CCCc1cc(=O)[nH]c(SC2CCCC2C#N)n1. The first-order valence-corrected chi connectivity index (χ1v) is 7.27. The van der Waals surface area contributed by atoms with Crippen LogP contribution in [-0.4, -0.2) is 15.2 Å². The standard InChI is InChI=1S/C13H17N3OS/c1-2-4-10-7-12(17)16-13(15-10)18-11-6-3-5-9(11)8-14/h7,9,11H,2-6H2,1H3,(H,15,16,17). The number of rotatable bonds is 4. The smallest absolute Gasteiger partial charge is 0.251 e. The number of hydrogen-bond acceptors (Lipinski definition) is 4. The number of aromatic amines is 1. The Morgan fingerprint density at radius 3 is 3.17 bits per heavy atom. The Kier molecular flexibility index (Phi) is 4.43. The largest absolute Gasteiger partial charge is 0.301 e. The van der Waals surface area contributed by atoms with Crippen molar-refractivity contribution in [3.8, 4) is 6.07 Å². The van der Waals surface area contributed by atoms with E-state index in [9.17, 15) is 4.79 Å². The van der Waals surface area contributed by atoms with Gasteiger partial charge in [-0.1, -0.05) is 31.5 Å². The molecule has 1 N–H and O–H groups in total. The average molecular weight is 263 g/mol. The van der Waals surface area contributed by atoms with Gasteiger partial charge in [0.25, 0.3) is 5.56 Å². The number of aryl methyl sites for hydroxylation is 1. The third-order valence-electron chi connectivity index (χ3n) is 3.16. The quantitative estimate of drug-likeness (QED) is 0.847. The number of nitrogens with one attached hydrogen (secondary N) is 1. The molecule has 0 saturated heterocycles. The maximum absolute atomic E-state index is 11.5. The summed E-state index contributed by atoms with van der Waals surface area (Å²) in [6.07, 6.45) is 4.89. The minimum absolute atomic E-state index is 0.0927. The molecule has 0 spiro atoms. The van der Waals surface area contributed by atoms with E-state index in [0.717, 1.165) is 37.8 Å². The molecular weight excluding hydrogens is 246 g/mol. The van der Waals surface area contributed by atoms with E-state index in [0.29, 0.717) is 5.16 Å². The van der Waals surface area contributed by atoms with Gasteiger partial charge in [-0.25, -0.2) is 4.98 Å².